The minimum absolute atomic E-state index is 0.00609. The van der Waals surface area contributed by atoms with Crippen LogP contribution in [0.1, 0.15) is 25.3 Å². The second kappa shape index (κ2) is 9.37. The van der Waals surface area contributed by atoms with Crippen molar-refractivity contribution in [1.29, 1.82) is 0 Å². The molecule has 1 atom stereocenters. The van der Waals surface area contributed by atoms with Crippen LogP contribution in [0.3, 0.4) is 0 Å². The first-order valence-corrected chi connectivity index (χ1v) is 8.47. The molecule has 0 aliphatic carbocycles. The number of halogens is 1. The number of nitrogens with zero attached hydrogens (tertiary/aromatic N) is 1. The van der Waals surface area contributed by atoms with E-state index in [1.54, 1.807) is 17.0 Å². The molecule has 24 heavy (non-hydrogen) atoms. The van der Waals surface area contributed by atoms with Crippen LogP contribution in [0.5, 0.6) is 0 Å². The highest BCUT2D eigenvalue weighted by Gasteiger charge is 2.33. The van der Waals surface area contributed by atoms with E-state index in [4.69, 9.17) is 4.74 Å². The van der Waals surface area contributed by atoms with Gasteiger partial charge in [-0.25, -0.2) is 4.39 Å². The second-order valence-corrected chi connectivity index (χ2v) is 5.96. The maximum atomic E-state index is 12.9. The average Bonchev–Trinajstić information content (AvgIpc) is 2.95. The lowest BCUT2D eigenvalue weighted by molar-refractivity contribution is -0.129. The normalized spacial score (nSPS) is 17.3. The molecule has 1 heterocycles. The number of nitrogens with one attached hydrogen (secondary N) is 1. The van der Waals surface area contributed by atoms with Gasteiger partial charge in [0.2, 0.25) is 11.8 Å². The molecule has 0 aromatic heterocycles. The summed E-state index contributed by atoms with van der Waals surface area (Å²) in [6.07, 6.45) is 1.70. The summed E-state index contributed by atoms with van der Waals surface area (Å²) in [4.78, 5) is 25.9. The first-order valence-electron chi connectivity index (χ1n) is 8.47. The molecule has 0 saturated carbocycles. The maximum Gasteiger partial charge on any atom is 0.225 e. The van der Waals surface area contributed by atoms with Crippen molar-refractivity contribution in [3.05, 3.63) is 35.6 Å². The Hall–Kier alpha value is -1.95. The number of rotatable bonds is 9. The van der Waals surface area contributed by atoms with Crippen LogP contribution in [0.25, 0.3) is 0 Å². The summed E-state index contributed by atoms with van der Waals surface area (Å²) in [7, 11) is 0. The van der Waals surface area contributed by atoms with E-state index in [9.17, 15) is 14.0 Å². The number of hydrogen-bond donors (Lipinski definition) is 1. The topological polar surface area (TPSA) is 58.6 Å². The summed E-state index contributed by atoms with van der Waals surface area (Å²) in [5.41, 5.74) is 0.980. The number of carbonyl (C=O) groups excluding carboxylic acids is 2. The van der Waals surface area contributed by atoms with E-state index in [-0.39, 0.29) is 30.0 Å². The third kappa shape index (κ3) is 5.60. The number of amides is 2. The Bertz CT molecular complexity index is 548. The van der Waals surface area contributed by atoms with Gasteiger partial charge in [0.15, 0.2) is 0 Å². The van der Waals surface area contributed by atoms with Gasteiger partial charge in [0.05, 0.1) is 5.92 Å². The van der Waals surface area contributed by atoms with Gasteiger partial charge >= 0.3 is 0 Å². The second-order valence-electron chi connectivity index (χ2n) is 5.96. The first-order chi connectivity index (χ1) is 11.6. The smallest absolute Gasteiger partial charge is 0.225 e. The van der Waals surface area contributed by atoms with Gasteiger partial charge in [-0.05, 0) is 37.5 Å². The molecule has 6 heteroatoms. The zero-order valence-corrected chi connectivity index (χ0v) is 14.1. The van der Waals surface area contributed by atoms with Gasteiger partial charge in [0, 0.05) is 39.3 Å². The van der Waals surface area contributed by atoms with Gasteiger partial charge < -0.3 is 15.0 Å². The van der Waals surface area contributed by atoms with E-state index in [0.717, 1.165) is 12.0 Å². The molecule has 5 nitrogen and oxygen atoms in total. The van der Waals surface area contributed by atoms with Crippen molar-refractivity contribution >= 4 is 11.8 Å². The summed E-state index contributed by atoms with van der Waals surface area (Å²) in [6.45, 7) is 4.82. The quantitative estimate of drug-likeness (QED) is 0.699. The highest BCUT2D eigenvalue weighted by molar-refractivity contribution is 5.89. The van der Waals surface area contributed by atoms with Crippen LogP contribution in [0.15, 0.2) is 24.3 Å². The van der Waals surface area contributed by atoms with Gasteiger partial charge in [-0.2, -0.15) is 0 Å². The number of benzene rings is 1. The van der Waals surface area contributed by atoms with E-state index in [1.807, 2.05) is 6.92 Å². The van der Waals surface area contributed by atoms with Crippen LogP contribution in [0.2, 0.25) is 0 Å². The van der Waals surface area contributed by atoms with E-state index >= 15 is 0 Å². The molecule has 0 unspecified atom stereocenters. The van der Waals surface area contributed by atoms with Crippen LogP contribution in [-0.4, -0.2) is 49.6 Å². The molecule has 1 saturated heterocycles. The summed E-state index contributed by atoms with van der Waals surface area (Å²) >= 11 is 0. The van der Waals surface area contributed by atoms with Crippen LogP contribution >= 0.6 is 0 Å². The summed E-state index contributed by atoms with van der Waals surface area (Å²) in [5, 5.41) is 2.87. The SMILES string of the molecule is CCOCCCNC(=O)[C@@H]1CC(=O)N(CCc2ccc(F)cc2)C1. The van der Waals surface area contributed by atoms with Crippen molar-refractivity contribution in [3.63, 3.8) is 0 Å². The molecule has 1 aromatic rings. The molecule has 0 radical (unpaired) electrons. The van der Waals surface area contributed by atoms with Crippen LogP contribution in [0, 0.1) is 11.7 Å². The van der Waals surface area contributed by atoms with E-state index in [1.165, 1.54) is 12.1 Å². The van der Waals surface area contributed by atoms with Gasteiger partial charge in [0.25, 0.3) is 0 Å². The number of ether oxygens (including phenoxy) is 1. The largest absolute Gasteiger partial charge is 0.382 e. The number of carbonyl (C=O) groups is 2. The lowest BCUT2D eigenvalue weighted by Gasteiger charge is -2.16. The zero-order chi connectivity index (χ0) is 17.4. The first kappa shape index (κ1) is 18.4. The maximum absolute atomic E-state index is 12.9. The van der Waals surface area contributed by atoms with Crippen molar-refractivity contribution < 1.29 is 18.7 Å². The average molecular weight is 336 g/mol. The van der Waals surface area contributed by atoms with Crippen molar-refractivity contribution in [2.75, 3.05) is 32.8 Å². The molecule has 1 N–H and O–H groups in total. The molecular weight excluding hydrogens is 311 g/mol. The van der Waals surface area contributed by atoms with Gasteiger partial charge in [-0.3, -0.25) is 9.59 Å². The molecule has 1 aliphatic heterocycles. The fourth-order valence-corrected chi connectivity index (χ4v) is 2.75. The Morgan fingerprint density at radius 1 is 1.38 bits per heavy atom. The number of likely N-dealkylation sites (tertiary alicyclic amines) is 1. The summed E-state index contributed by atoms with van der Waals surface area (Å²) in [5.74, 6) is -0.606. The molecule has 2 rings (SSSR count). The van der Waals surface area contributed by atoms with Crippen LogP contribution in [0.4, 0.5) is 4.39 Å². The minimum atomic E-state index is -0.280. The van der Waals surface area contributed by atoms with Crippen molar-refractivity contribution in [3.8, 4) is 0 Å². The van der Waals surface area contributed by atoms with E-state index in [2.05, 4.69) is 5.32 Å². The van der Waals surface area contributed by atoms with E-state index in [0.29, 0.717) is 39.3 Å². The van der Waals surface area contributed by atoms with E-state index < -0.39 is 0 Å². The Balaban J connectivity index is 1.72. The number of hydrogen-bond acceptors (Lipinski definition) is 3. The Morgan fingerprint density at radius 2 is 2.12 bits per heavy atom. The Labute approximate surface area is 142 Å². The highest BCUT2D eigenvalue weighted by atomic mass is 19.1. The standard InChI is InChI=1S/C18H25FN2O3/c1-2-24-11-3-9-20-18(23)15-12-17(22)21(13-15)10-8-14-4-6-16(19)7-5-14/h4-7,15H,2-3,8-13H2,1H3,(H,20,23)/t15-/m1/s1. The van der Waals surface area contributed by atoms with Crippen molar-refractivity contribution in [1.82, 2.24) is 10.2 Å². The molecule has 1 aromatic carbocycles. The zero-order valence-electron chi connectivity index (χ0n) is 14.1. The fourth-order valence-electron chi connectivity index (χ4n) is 2.75. The molecule has 0 bridgehead atoms. The third-order valence-electron chi connectivity index (χ3n) is 4.14. The molecule has 1 fully saturated rings. The lowest BCUT2D eigenvalue weighted by Crippen LogP contribution is -2.34. The van der Waals surface area contributed by atoms with Crippen LogP contribution in [-0.2, 0) is 20.7 Å². The van der Waals surface area contributed by atoms with Crippen molar-refractivity contribution in [2.45, 2.75) is 26.2 Å². The molecule has 1 aliphatic rings. The summed E-state index contributed by atoms with van der Waals surface area (Å²) in [6, 6.07) is 6.27. The van der Waals surface area contributed by atoms with Gasteiger partial charge in [-0.15, -0.1) is 0 Å². The minimum Gasteiger partial charge on any atom is -0.382 e. The van der Waals surface area contributed by atoms with Gasteiger partial charge in [-0.1, -0.05) is 12.1 Å². The van der Waals surface area contributed by atoms with Crippen molar-refractivity contribution in [2.24, 2.45) is 5.92 Å². The van der Waals surface area contributed by atoms with Crippen LogP contribution < -0.4 is 5.32 Å². The summed E-state index contributed by atoms with van der Waals surface area (Å²) < 4.78 is 18.1. The Kier molecular flexibility index (Phi) is 7.18. The monoisotopic (exact) mass is 336 g/mol. The fraction of sp³-hybridized carbons (Fsp3) is 0.556. The molecule has 0 spiro atoms. The third-order valence-corrected chi connectivity index (χ3v) is 4.14. The van der Waals surface area contributed by atoms with Gasteiger partial charge in [0.1, 0.15) is 5.82 Å². The Morgan fingerprint density at radius 3 is 2.83 bits per heavy atom. The molecular formula is C18H25FN2O3. The highest BCUT2D eigenvalue weighted by Crippen LogP contribution is 2.18. The predicted molar refractivity (Wildman–Crippen MR) is 88.9 cm³/mol. The lowest BCUT2D eigenvalue weighted by atomic mass is 10.1. The molecule has 2 amide bonds. The molecule has 132 valence electrons. The predicted octanol–water partition coefficient (Wildman–Crippen LogP) is 1.76.